The summed E-state index contributed by atoms with van der Waals surface area (Å²) >= 11 is 0. The quantitative estimate of drug-likeness (QED) is 0.804. The number of para-hydroxylation sites is 1. The predicted molar refractivity (Wildman–Crippen MR) is 91.1 cm³/mol. The molecular weight excluding hydrogens is 290 g/mol. The fraction of sp³-hybridized carbons (Fsp3) is 0.222. The lowest BCUT2D eigenvalue weighted by molar-refractivity contribution is 0.340. The topological polar surface area (TPSA) is 70.1 Å². The van der Waals surface area contributed by atoms with Gasteiger partial charge in [0, 0.05) is 0 Å². The van der Waals surface area contributed by atoms with Crippen LogP contribution in [-0.4, -0.2) is 16.2 Å². The van der Waals surface area contributed by atoms with Crippen LogP contribution in [0.2, 0.25) is 0 Å². The van der Waals surface area contributed by atoms with Gasteiger partial charge < -0.3 is 10.5 Å². The molecule has 3 aromatic rings. The van der Waals surface area contributed by atoms with Gasteiger partial charge in [0.05, 0.1) is 29.2 Å². The van der Waals surface area contributed by atoms with Crippen molar-refractivity contribution < 1.29 is 4.74 Å². The molecular formula is C18H19N3O2. The van der Waals surface area contributed by atoms with Gasteiger partial charge in [0.1, 0.15) is 11.6 Å². The molecule has 5 heteroatoms. The highest BCUT2D eigenvalue weighted by Crippen LogP contribution is 2.19. The van der Waals surface area contributed by atoms with Gasteiger partial charge in [-0.05, 0) is 50.2 Å². The lowest BCUT2D eigenvalue weighted by Gasteiger charge is -2.16. The zero-order valence-electron chi connectivity index (χ0n) is 13.2. The van der Waals surface area contributed by atoms with Gasteiger partial charge in [0.15, 0.2) is 0 Å². The van der Waals surface area contributed by atoms with Gasteiger partial charge in [-0.2, -0.15) is 0 Å². The summed E-state index contributed by atoms with van der Waals surface area (Å²) in [5.41, 5.74) is 7.31. The molecule has 0 fully saturated rings. The Morgan fingerprint density at radius 1 is 1.17 bits per heavy atom. The normalized spacial score (nSPS) is 12.3. The monoisotopic (exact) mass is 309 g/mol. The Balaban J connectivity index is 2.24. The molecule has 1 unspecified atom stereocenters. The fourth-order valence-corrected chi connectivity index (χ4v) is 2.56. The smallest absolute Gasteiger partial charge is 0.266 e. The van der Waals surface area contributed by atoms with Crippen LogP contribution in [-0.2, 0) is 0 Å². The van der Waals surface area contributed by atoms with Crippen molar-refractivity contribution in [1.82, 2.24) is 9.55 Å². The lowest BCUT2D eigenvalue weighted by atomic mass is 10.2. The van der Waals surface area contributed by atoms with Crippen LogP contribution >= 0.6 is 0 Å². The molecule has 0 spiro atoms. The molecule has 0 saturated heterocycles. The maximum absolute atomic E-state index is 12.9. The maximum Gasteiger partial charge on any atom is 0.266 e. The highest BCUT2D eigenvalue weighted by atomic mass is 16.5. The number of ether oxygens (including phenoxy) is 1. The Labute approximate surface area is 134 Å². The van der Waals surface area contributed by atoms with Crippen LogP contribution in [0.4, 0.5) is 0 Å². The van der Waals surface area contributed by atoms with Crippen molar-refractivity contribution in [3.63, 3.8) is 0 Å². The molecule has 2 N–H and O–H groups in total. The second kappa shape index (κ2) is 6.22. The van der Waals surface area contributed by atoms with E-state index in [0.717, 1.165) is 11.4 Å². The Bertz CT molecular complexity index is 883. The van der Waals surface area contributed by atoms with Crippen LogP contribution in [0.25, 0.3) is 16.6 Å². The van der Waals surface area contributed by atoms with E-state index >= 15 is 0 Å². The summed E-state index contributed by atoms with van der Waals surface area (Å²) in [6.45, 7) is 4.35. The summed E-state index contributed by atoms with van der Waals surface area (Å²) in [4.78, 5) is 17.5. The Hall–Kier alpha value is -2.66. The second-order valence-electron chi connectivity index (χ2n) is 5.34. The van der Waals surface area contributed by atoms with Crippen molar-refractivity contribution in [3.05, 3.63) is 64.7 Å². The molecule has 0 bridgehead atoms. The van der Waals surface area contributed by atoms with Crippen LogP contribution < -0.4 is 16.0 Å². The van der Waals surface area contributed by atoms with Crippen molar-refractivity contribution in [2.45, 2.75) is 19.9 Å². The highest BCUT2D eigenvalue weighted by molar-refractivity contribution is 5.77. The van der Waals surface area contributed by atoms with Gasteiger partial charge >= 0.3 is 0 Å². The maximum atomic E-state index is 12.9. The highest BCUT2D eigenvalue weighted by Gasteiger charge is 2.15. The molecule has 2 aromatic carbocycles. The molecule has 5 nitrogen and oxygen atoms in total. The zero-order valence-corrected chi connectivity index (χ0v) is 13.2. The summed E-state index contributed by atoms with van der Waals surface area (Å²) < 4.78 is 7.02. The molecule has 0 aliphatic heterocycles. The average Bonchev–Trinajstić information content (AvgIpc) is 2.56. The van der Waals surface area contributed by atoms with E-state index in [1.165, 1.54) is 0 Å². The van der Waals surface area contributed by atoms with Gasteiger partial charge in [-0.15, -0.1) is 0 Å². The van der Waals surface area contributed by atoms with E-state index in [1.54, 1.807) is 10.6 Å². The first-order chi connectivity index (χ1) is 11.1. The summed E-state index contributed by atoms with van der Waals surface area (Å²) in [6, 6.07) is 14.3. The van der Waals surface area contributed by atoms with Gasteiger partial charge in [-0.25, -0.2) is 4.98 Å². The van der Waals surface area contributed by atoms with Gasteiger partial charge in [0.25, 0.3) is 5.56 Å². The molecule has 0 aliphatic carbocycles. The first-order valence-corrected chi connectivity index (χ1v) is 7.62. The van der Waals surface area contributed by atoms with E-state index in [-0.39, 0.29) is 11.6 Å². The summed E-state index contributed by atoms with van der Waals surface area (Å²) in [5, 5.41) is 0.575. The number of hydrogen-bond donors (Lipinski definition) is 1. The fourth-order valence-electron chi connectivity index (χ4n) is 2.56. The second-order valence-corrected chi connectivity index (χ2v) is 5.34. The minimum atomic E-state index is -0.362. The minimum Gasteiger partial charge on any atom is -0.494 e. The van der Waals surface area contributed by atoms with Gasteiger partial charge in [-0.1, -0.05) is 12.1 Å². The number of hydrogen-bond acceptors (Lipinski definition) is 4. The average molecular weight is 309 g/mol. The molecule has 0 aliphatic rings. The standard InChI is InChI=1S/C18H19N3O2/c1-3-23-14-10-8-13(9-11-14)21-17(12(2)19)20-16-7-5-4-6-15(16)18(21)22/h4-12H,3,19H2,1-2H3. The van der Waals surface area contributed by atoms with Gasteiger partial charge in [-0.3, -0.25) is 9.36 Å². The molecule has 1 aromatic heterocycles. The van der Waals surface area contributed by atoms with E-state index < -0.39 is 0 Å². The zero-order chi connectivity index (χ0) is 16.4. The van der Waals surface area contributed by atoms with E-state index in [4.69, 9.17) is 10.5 Å². The van der Waals surface area contributed by atoms with E-state index in [9.17, 15) is 4.79 Å². The number of nitrogens with two attached hydrogens (primary N) is 1. The number of fused-ring (bicyclic) bond motifs is 1. The Kier molecular flexibility index (Phi) is 4.12. The summed E-state index contributed by atoms with van der Waals surface area (Å²) in [6.07, 6.45) is 0. The molecule has 1 atom stereocenters. The largest absolute Gasteiger partial charge is 0.494 e. The first-order valence-electron chi connectivity index (χ1n) is 7.62. The van der Waals surface area contributed by atoms with E-state index in [2.05, 4.69) is 4.98 Å². The van der Waals surface area contributed by atoms with Crippen LogP contribution in [0.1, 0.15) is 25.7 Å². The molecule has 1 heterocycles. The Morgan fingerprint density at radius 2 is 1.87 bits per heavy atom. The molecule has 3 rings (SSSR count). The first kappa shape index (κ1) is 15.2. The van der Waals surface area contributed by atoms with Crippen molar-refractivity contribution in [2.24, 2.45) is 5.73 Å². The third-order valence-electron chi connectivity index (χ3n) is 3.61. The molecule has 0 radical (unpaired) electrons. The van der Waals surface area contributed by atoms with E-state index in [1.807, 2.05) is 56.3 Å². The molecule has 0 saturated carbocycles. The Morgan fingerprint density at radius 3 is 2.52 bits per heavy atom. The summed E-state index contributed by atoms with van der Waals surface area (Å²) in [5.74, 6) is 1.30. The van der Waals surface area contributed by atoms with Crippen LogP contribution in [0.3, 0.4) is 0 Å². The number of rotatable bonds is 4. The minimum absolute atomic E-state index is 0.118. The number of aromatic nitrogens is 2. The van der Waals surface area contributed by atoms with Crippen molar-refractivity contribution in [3.8, 4) is 11.4 Å². The van der Waals surface area contributed by atoms with Crippen LogP contribution in [0.15, 0.2) is 53.3 Å². The van der Waals surface area contributed by atoms with Crippen molar-refractivity contribution in [1.29, 1.82) is 0 Å². The van der Waals surface area contributed by atoms with Crippen LogP contribution in [0.5, 0.6) is 5.75 Å². The number of nitrogens with zero attached hydrogens (tertiary/aromatic N) is 2. The van der Waals surface area contributed by atoms with Gasteiger partial charge in [0.2, 0.25) is 0 Å². The summed E-state index contributed by atoms with van der Waals surface area (Å²) in [7, 11) is 0. The van der Waals surface area contributed by atoms with Crippen LogP contribution in [0, 0.1) is 0 Å². The lowest BCUT2D eigenvalue weighted by Crippen LogP contribution is -2.27. The molecule has 0 amide bonds. The number of benzene rings is 2. The molecule has 118 valence electrons. The van der Waals surface area contributed by atoms with Crippen molar-refractivity contribution in [2.75, 3.05) is 6.61 Å². The molecule has 23 heavy (non-hydrogen) atoms. The third-order valence-corrected chi connectivity index (χ3v) is 3.61. The SMILES string of the molecule is CCOc1ccc(-n2c(C(C)N)nc3ccccc3c2=O)cc1. The predicted octanol–water partition coefficient (Wildman–Crippen LogP) is 2.80. The van der Waals surface area contributed by atoms with E-state index in [0.29, 0.717) is 23.3 Å². The van der Waals surface area contributed by atoms with Crippen molar-refractivity contribution >= 4 is 10.9 Å². The third kappa shape index (κ3) is 2.83.